The number of fused-ring (bicyclic) bond motifs is 7. The molecule has 0 spiro atoms. The first-order chi connectivity index (χ1) is 36.0. The molecule has 9 aliphatic rings. The monoisotopic (exact) mass is 1100 g/mol. The van der Waals surface area contributed by atoms with E-state index in [1.807, 2.05) is 0 Å². The molecule has 1 unspecified atom stereocenters. The van der Waals surface area contributed by atoms with Crippen LogP contribution in [0, 0.1) is 50.2 Å². The van der Waals surface area contributed by atoms with Gasteiger partial charge in [-0.25, -0.2) is 0 Å². The van der Waals surface area contributed by atoms with Crippen molar-refractivity contribution in [3.05, 3.63) is 11.6 Å². The van der Waals surface area contributed by atoms with Crippen LogP contribution in [0.25, 0.3) is 0 Å². The number of carboxylic acid groups (broad SMARTS) is 1. The minimum Gasteiger partial charge on any atom is -0.481 e. The summed E-state index contributed by atoms with van der Waals surface area (Å²) in [6.45, 7) is 10.2. The molecule has 24 nitrogen and oxygen atoms in total. The molecule has 0 aromatic heterocycles. The van der Waals surface area contributed by atoms with E-state index in [0.717, 1.165) is 5.57 Å². The lowest BCUT2D eigenvalue weighted by atomic mass is 9.33. The summed E-state index contributed by atoms with van der Waals surface area (Å²) in [5.41, 5.74) is -2.89. The molecule has 4 saturated carbocycles. The average Bonchev–Trinajstić information content (AvgIpc) is 3.46. The molecule has 24 heteroatoms. The van der Waals surface area contributed by atoms with E-state index in [1.54, 1.807) is 6.92 Å². The van der Waals surface area contributed by atoms with E-state index in [2.05, 4.69) is 40.7 Å². The molecular formula is C53H84O24. The third-order valence-corrected chi connectivity index (χ3v) is 21.1. The quantitative estimate of drug-likeness (QED) is 0.0554. The Kier molecular flexibility index (Phi) is 16.7. The number of ether oxygens (including phenoxy) is 8. The van der Waals surface area contributed by atoms with Gasteiger partial charge in [-0.3, -0.25) is 9.59 Å². The second-order valence-electron chi connectivity index (χ2n) is 25.6. The predicted molar refractivity (Wildman–Crippen MR) is 259 cm³/mol. The molecule has 77 heavy (non-hydrogen) atoms. The number of aliphatic carboxylic acids is 1. The van der Waals surface area contributed by atoms with E-state index < -0.39 is 176 Å². The minimum atomic E-state index is -1.94. The first-order valence-corrected chi connectivity index (χ1v) is 27.4. The summed E-state index contributed by atoms with van der Waals surface area (Å²) in [7, 11) is 0. The molecule has 0 aromatic rings. The van der Waals surface area contributed by atoms with Crippen molar-refractivity contribution in [1.29, 1.82) is 0 Å². The van der Waals surface area contributed by atoms with E-state index in [9.17, 15) is 76.3 Å². The lowest BCUT2D eigenvalue weighted by Crippen LogP contribution is -2.67. The molecule has 0 bridgehead atoms. The van der Waals surface area contributed by atoms with Gasteiger partial charge >= 0.3 is 11.9 Å². The van der Waals surface area contributed by atoms with Crippen molar-refractivity contribution in [3.8, 4) is 0 Å². The summed E-state index contributed by atoms with van der Waals surface area (Å²) >= 11 is 0. The molecule has 8 fully saturated rings. The second kappa shape index (κ2) is 21.6. The maximum absolute atomic E-state index is 15.2. The molecule has 4 aliphatic heterocycles. The normalized spacial score (nSPS) is 53.6. The van der Waals surface area contributed by atoms with Crippen molar-refractivity contribution in [2.45, 2.75) is 229 Å². The average molecular weight is 1110 g/mol. The molecule has 440 valence electrons. The van der Waals surface area contributed by atoms with E-state index in [-0.39, 0.29) is 35.2 Å². The van der Waals surface area contributed by atoms with Crippen molar-refractivity contribution >= 4 is 11.9 Å². The standard InChI is InChI=1S/C53H84O24/c1-48(2)13-15-53(47(69)77-44-40(66)36(62)34(60)27(74-44)21-71-45-41(37(63)33(59)26(19-55)73-45)76-43-39(65)35(61)32(58)25(18-54)72-43)16-14-50(4)22(23(53)17-48)7-8-28-49(3)11-10-30(75-42-38(64)31(57)24(56)20-70-42)52(6,46(67)68)29(49)9-12-51(28,50)5/h7,23-45,54-66H,8-21H2,1-6H3,(H,67,68)/t23-,24+,25+,26+,27+,28+,29?,30-,31-,32+,33+,34+,35-,36-,37-,38+,39+,40+,41+,42-,43-,44-,45+,49+,50+,51+,52-,53-/m0/s1. The van der Waals surface area contributed by atoms with Crippen LogP contribution >= 0.6 is 0 Å². The van der Waals surface area contributed by atoms with Gasteiger partial charge in [-0.1, -0.05) is 46.3 Å². The summed E-state index contributed by atoms with van der Waals surface area (Å²) < 4.78 is 46.9. The number of aliphatic hydroxyl groups is 13. The summed E-state index contributed by atoms with van der Waals surface area (Å²) in [4.78, 5) is 28.8. The van der Waals surface area contributed by atoms with Crippen LogP contribution in [0.1, 0.15) is 106 Å². The van der Waals surface area contributed by atoms with E-state index >= 15 is 4.79 Å². The van der Waals surface area contributed by atoms with Gasteiger partial charge in [0.15, 0.2) is 18.9 Å². The van der Waals surface area contributed by atoms with Gasteiger partial charge in [-0.05, 0) is 111 Å². The molecule has 14 N–H and O–H groups in total. The number of esters is 1. The van der Waals surface area contributed by atoms with Crippen LogP contribution in [-0.2, 0) is 47.5 Å². The van der Waals surface area contributed by atoms with Crippen molar-refractivity contribution in [2.75, 3.05) is 26.4 Å². The fraction of sp³-hybridized carbons (Fsp3) is 0.925. The topological polar surface area (TPSA) is 391 Å². The van der Waals surface area contributed by atoms with Gasteiger partial charge in [0.05, 0.1) is 43.4 Å². The van der Waals surface area contributed by atoms with Crippen molar-refractivity contribution in [1.82, 2.24) is 0 Å². The van der Waals surface area contributed by atoms with Gasteiger partial charge in [0.25, 0.3) is 0 Å². The number of allylic oxidation sites excluding steroid dienone is 2. The fourth-order valence-electron chi connectivity index (χ4n) is 16.1. The molecule has 0 amide bonds. The van der Waals surface area contributed by atoms with Crippen molar-refractivity contribution < 1.29 is 119 Å². The molecular weight excluding hydrogens is 1020 g/mol. The van der Waals surface area contributed by atoms with Crippen molar-refractivity contribution in [3.63, 3.8) is 0 Å². The van der Waals surface area contributed by atoms with Gasteiger partial charge < -0.3 is 109 Å². The fourth-order valence-corrected chi connectivity index (χ4v) is 16.1. The molecule has 0 aromatic carbocycles. The Hall–Kier alpha value is -2.12. The summed E-state index contributed by atoms with van der Waals surface area (Å²) in [6.07, 6.45) is -25.5. The third-order valence-electron chi connectivity index (χ3n) is 21.1. The smallest absolute Gasteiger partial charge is 0.315 e. The Bertz CT molecular complexity index is 2170. The van der Waals surface area contributed by atoms with E-state index in [4.69, 9.17) is 37.9 Å². The Morgan fingerprint density at radius 1 is 0.610 bits per heavy atom. The predicted octanol–water partition coefficient (Wildman–Crippen LogP) is -2.33. The van der Waals surface area contributed by atoms with E-state index in [1.165, 1.54) is 0 Å². The zero-order valence-corrected chi connectivity index (χ0v) is 44.6. The molecule has 4 heterocycles. The maximum atomic E-state index is 15.2. The van der Waals surface area contributed by atoms with Crippen molar-refractivity contribution in [2.24, 2.45) is 50.2 Å². The Labute approximate surface area is 446 Å². The number of hydrogen-bond acceptors (Lipinski definition) is 23. The first-order valence-electron chi connectivity index (χ1n) is 27.4. The molecule has 5 aliphatic carbocycles. The minimum absolute atomic E-state index is 0.0148. The number of carbonyl (C=O) groups is 2. The molecule has 9 rings (SSSR count). The highest BCUT2D eigenvalue weighted by molar-refractivity contribution is 5.79. The zero-order valence-electron chi connectivity index (χ0n) is 44.6. The second-order valence-corrected chi connectivity index (χ2v) is 25.6. The lowest BCUT2D eigenvalue weighted by molar-refractivity contribution is -0.372. The third kappa shape index (κ3) is 9.65. The van der Waals surface area contributed by atoms with Crippen LogP contribution in [0.15, 0.2) is 11.6 Å². The van der Waals surface area contributed by atoms with Crippen LogP contribution < -0.4 is 0 Å². The van der Waals surface area contributed by atoms with Crippen LogP contribution in [-0.4, -0.2) is 233 Å². The molecule has 4 saturated heterocycles. The highest BCUT2D eigenvalue weighted by atomic mass is 16.8. The van der Waals surface area contributed by atoms with Crippen LogP contribution in [0.3, 0.4) is 0 Å². The van der Waals surface area contributed by atoms with Gasteiger partial charge in [0.2, 0.25) is 6.29 Å². The summed E-state index contributed by atoms with van der Waals surface area (Å²) in [6, 6.07) is 0. The Morgan fingerprint density at radius 2 is 1.19 bits per heavy atom. The largest absolute Gasteiger partial charge is 0.481 e. The maximum Gasteiger partial charge on any atom is 0.315 e. The Morgan fingerprint density at radius 3 is 1.84 bits per heavy atom. The lowest BCUT2D eigenvalue weighted by Gasteiger charge is -2.71. The van der Waals surface area contributed by atoms with Crippen LogP contribution in [0.5, 0.6) is 0 Å². The number of carbonyl (C=O) groups excluding carboxylic acids is 1. The Balaban J connectivity index is 0.934. The van der Waals surface area contributed by atoms with Crippen LogP contribution in [0.2, 0.25) is 0 Å². The number of rotatable bonds is 12. The number of hydrogen-bond donors (Lipinski definition) is 14. The van der Waals surface area contributed by atoms with Gasteiger partial charge in [0, 0.05) is 0 Å². The van der Waals surface area contributed by atoms with Gasteiger partial charge in [-0.2, -0.15) is 0 Å². The van der Waals surface area contributed by atoms with Gasteiger partial charge in [-0.15, -0.1) is 0 Å². The summed E-state index contributed by atoms with van der Waals surface area (Å²) in [5, 5.41) is 149. The summed E-state index contributed by atoms with van der Waals surface area (Å²) in [5.74, 6) is -2.36. The highest BCUT2D eigenvalue weighted by Crippen LogP contribution is 2.76. The van der Waals surface area contributed by atoms with Crippen LogP contribution in [0.4, 0.5) is 0 Å². The number of aliphatic hydroxyl groups excluding tert-OH is 13. The van der Waals surface area contributed by atoms with Gasteiger partial charge in [0.1, 0.15) is 91.6 Å². The first kappa shape index (κ1) is 59.5. The highest BCUT2D eigenvalue weighted by Gasteiger charge is 2.72. The SMILES string of the molecule is CC1(C)CC[C@]2(C(=O)O[C@@H]3O[C@H](CO[C@@H]4O[C@H](CO)[C@@H](O)[C@H](O)[C@H]4O[C@@H]4O[C@H](CO)[C@@H](O)[C@H](O)[C@H]4O)[C@@H](O)[C@H](O)[C@H]3O)CC[C@]3(C)C(=CC[C@@H]4[C@@]5(C)CC[C@H](O[C@@H]6OC[C@@H](O)[C@H](O)[C@H]6O)[C@@](C)(C(=O)O)C5CC[C@]43C)[C@@H]2C1. The molecule has 28 atom stereocenters. The van der Waals surface area contributed by atoms with E-state index in [0.29, 0.717) is 64.2 Å². The zero-order chi connectivity index (χ0) is 56.3. The molecule has 0 radical (unpaired) electrons. The number of carboxylic acids is 1.